The van der Waals surface area contributed by atoms with Crippen LogP contribution >= 0.6 is 11.3 Å². The first-order valence-corrected chi connectivity index (χ1v) is 5.25. The fourth-order valence-electron chi connectivity index (χ4n) is 0.968. The Balaban J connectivity index is 2.63. The number of thiophene rings is 1. The number of carbonyl (C=O) groups excluding carboxylic acids is 2. The zero-order chi connectivity index (χ0) is 13.9. The van der Waals surface area contributed by atoms with Crippen molar-refractivity contribution >= 4 is 29.0 Å². The Bertz CT molecular complexity index is 494. The number of alkyl halides is 3. The molecule has 0 saturated heterocycles. The molecule has 0 spiro atoms. The molecule has 1 aromatic heterocycles. The van der Waals surface area contributed by atoms with Gasteiger partial charge in [0, 0.05) is 4.88 Å². The highest BCUT2D eigenvalue weighted by atomic mass is 32.1. The van der Waals surface area contributed by atoms with Gasteiger partial charge in [-0.25, -0.2) is 4.79 Å². The topological polar surface area (TPSA) is 83.5 Å². The van der Waals surface area contributed by atoms with Crippen molar-refractivity contribution in [1.82, 2.24) is 5.32 Å². The first kappa shape index (κ1) is 14.2. The van der Waals surface area contributed by atoms with Gasteiger partial charge in [-0.2, -0.15) is 13.2 Å². The Kier molecular flexibility index (Phi) is 4.07. The average molecular weight is 281 g/mol. The minimum Gasteiger partial charge on any atom is -0.475 e. The van der Waals surface area contributed by atoms with Crippen molar-refractivity contribution in [3.05, 3.63) is 21.9 Å². The van der Waals surface area contributed by atoms with Gasteiger partial charge in [0.15, 0.2) is 0 Å². The van der Waals surface area contributed by atoms with Crippen LogP contribution in [0.25, 0.3) is 0 Å². The van der Waals surface area contributed by atoms with Crippen molar-refractivity contribution in [3.63, 3.8) is 0 Å². The number of rotatable bonds is 4. The molecule has 98 valence electrons. The van der Waals surface area contributed by atoms with Crippen LogP contribution in [0.3, 0.4) is 0 Å². The zero-order valence-electron chi connectivity index (χ0n) is 8.58. The molecule has 1 rings (SSSR count). The summed E-state index contributed by atoms with van der Waals surface area (Å²) < 4.78 is 35.6. The van der Waals surface area contributed by atoms with E-state index in [-0.39, 0.29) is 9.75 Å². The van der Waals surface area contributed by atoms with Crippen LogP contribution in [0.4, 0.5) is 13.2 Å². The van der Waals surface area contributed by atoms with Crippen LogP contribution in [0.1, 0.15) is 14.5 Å². The molecule has 0 atom stereocenters. The van der Waals surface area contributed by atoms with Crippen LogP contribution in [0.5, 0.6) is 0 Å². The average Bonchev–Trinajstić information content (AvgIpc) is 2.71. The summed E-state index contributed by atoms with van der Waals surface area (Å²) in [6.45, 7) is -0.421. The predicted octanol–water partition coefficient (Wildman–Crippen LogP) is 1.19. The minimum absolute atomic E-state index is 0.112. The second-order valence-electron chi connectivity index (χ2n) is 3.08. The van der Waals surface area contributed by atoms with Crippen molar-refractivity contribution in [2.24, 2.45) is 0 Å². The molecule has 9 heteroatoms. The number of halogens is 3. The molecule has 0 aliphatic carbocycles. The highest BCUT2D eigenvalue weighted by Crippen LogP contribution is 2.18. The molecule has 18 heavy (non-hydrogen) atoms. The largest absolute Gasteiger partial charge is 0.475 e. The third kappa shape index (κ3) is 3.55. The van der Waals surface area contributed by atoms with E-state index in [1.165, 1.54) is 12.1 Å². The lowest BCUT2D eigenvalue weighted by Gasteiger charge is -2.05. The van der Waals surface area contributed by atoms with Crippen LogP contribution in [0, 0.1) is 0 Å². The minimum atomic E-state index is -4.98. The number of carbonyl (C=O) groups is 3. The summed E-state index contributed by atoms with van der Waals surface area (Å²) in [4.78, 5) is 32.0. The quantitative estimate of drug-likeness (QED) is 0.641. The smallest absolute Gasteiger partial charge is 0.471 e. The summed E-state index contributed by atoms with van der Waals surface area (Å²) in [5, 5.41) is 10.0. The highest BCUT2D eigenvalue weighted by Gasteiger charge is 2.38. The Morgan fingerprint density at radius 2 is 1.89 bits per heavy atom. The lowest BCUT2D eigenvalue weighted by Crippen LogP contribution is -2.36. The maximum absolute atomic E-state index is 11.9. The van der Waals surface area contributed by atoms with Gasteiger partial charge in [0.2, 0.25) is 0 Å². The molecule has 2 N–H and O–H groups in total. The molecule has 0 fully saturated rings. The molecule has 0 saturated carbocycles. The molecule has 0 bridgehead atoms. The second-order valence-corrected chi connectivity index (χ2v) is 4.25. The SMILES string of the molecule is O=C(O)C(=O)c1ccc(CNC(=O)C(F)(F)F)s1. The molecule has 0 aliphatic rings. The summed E-state index contributed by atoms with van der Waals surface area (Å²) >= 11 is 0.709. The number of Topliss-reactive ketones (excluding diaryl/α,β-unsaturated/α-hetero) is 1. The fraction of sp³-hybridized carbons (Fsp3) is 0.222. The second kappa shape index (κ2) is 5.17. The van der Waals surface area contributed by atoms with Crippen LogP contribution in [0.2, 0.25) is 0 Å². The number of carboxylic acid groups (broad SMARTS) is 1. The van der Waals surface area contributed by atoms with Gasteiger partial charge in [0.25, 0.3) is 5.78 Å². The Morgan fingerprint density at radius 3 is 2.39 bits per heavy atom. The van der Waals surface area contributed by atoms with Crippen molar-refractivity contribution in [2.75, 3.05) is 0 Å². The molecule has 0 aromatic carbocycles. The van der Waals surface area contributed by atoms with Crippen LogP contribution in [-0.2, 0) is 16.1 Å². The van der Waals surface area contributed by atoms with Crippen molar-refractivity contribution in [2.45, 2.75) is 12.7 Å². The van der Waals surface area contributed by atoms with Crippen LogP contribution in [-0.4, -0.2) is 28.9 Å². The van der Waals surface area contributed by atoms with Gasteiger partial charge in [-0.3, -0.25) is 9.59 Å². The lowest BCUT2D eigenvalue weighted by atomic mass is 10.3. The molecule has 1 heterocycles. The van der Waals surface area contributed by atoms with Gasteiger partial charge in [0.1, 0.15) is 0 Å². The predicted molar refractivity (Wildman–Crippen MR) is 54.2 cm³/mol. The van der Waals surface area contributed by atoms with Gasteiger partial charge in [-0.1, -0.05) is 0 Å². The lowest BCUT2D eigenvalue weighted by molar-refractivity contribution is -0.173. The van der Waals surface area contributed by atoms with Crippen molar-refractivity contribution < 1.29 is 32.7 Å². The summed E-state index contributed by atoms with van der Waals surface area (Å²) in [5.41, 5.74) is 0. The van der Waals surface area contributed by atoms with Gasteiger partial charge >= 0.3 is 18.1 Å². The maximum atomic E-state index is 11.9. The van der Waals surface area contributed by atoms with Crippen molar-refractivity contribution in [3.8, 4) is 0 Å². The maximum Gasteiger partial charge on any atom is 0.471 e. The van der Waals surface area contributed by atoms with E-state index in [2.05, 4.69) is 0 Å². The number of carboxylic acids is 1. The molecular weight excluding hydrogens is 275 g/mol. The Labute approximate surface area is 102 Å². The zero-order valence-corrected chi connectivity index (χ0v) is 9.39. The standard InChI is InChI=1S/C9H6F3NO4S/c10-9(11,12)8(17)13-3-4-1-2-5(18-4)6(14)7(15)16/h1-2H,3H2,(H,13,17)(H,15,16). The van der Waals surface area contributed by atoms with Gasteiger partial charge in [-0.15, -0.1) is 11.3 Å². The summed E-state index contributed by atoms with van der Waals surface area (Å²) in [7, 11) is 0. The third-order valence-corrected chi connectivity index (χ3v) is 2.84. The van der Waals surface area contributed by atoms with Gasteiger partial charge < -0.3 is 10.4 Å². The van der Waals surface area contributed by atoms with E-state index >= 15 is 0 Å². The van der Waals surface area contributed by atoms with Gasteiger partial charge in [0.05, 0.1) is 11.4 Å². The van der Waals surface area contributed by atoms with E-state index in [0.717, 1.165) is 0 Å². The molecular formula is C9H6F3NO4S. The third-order valence-electron chi connectivity index (χ3n) is 1.76. The molecule has 0 unspecified atom stereocenters. The number of hydrogen-bond acceptors (Lipinski definition) is 4. The fourth-order valence-corrected chi connectivity index (χ4v) is 1.85. The van der Waals surface area contributed by atoms with Crippen LogP contribution < -0.4 is 5.32 Å². The molecule has 5 nitrogen and oxygen atoms in total. The van der Waals surface area contributed by atoms with E-state index in [9.17, 15) is 27.6 Å². The first-order chi connectivity index (χ1) is 8.21. The molecule has 1 aromatic rings. The highest BCUT2D eigenvalue weighted by molar-refractivity contribution is 7.14. The molecule has 1 amide bonds. The first-order valence-electron chi connectivity index (χ1n) is 4.43. The van der Waals surface area contributed by atoms with E-state index in [4.69, 9.17) is 5.11 Å². The monoisotopic (exact) mass is 281 g/mol. The molecule has 0 aliphatic heterocycles. The number of ketones is 1. The van der Waals surface area contributed by atoms with E-state index < -0.39 is 30.4 Å². The van der Waals surface area contributed by atoms with E-state index in [0.29, 0.717) is 11.3 Å². The normalized spacial score (nSPS) is 11.1. The summed E-state index contributed by atoms with van der Waals surface area (Å²) in [6, 6.07) is 2.45. The summed E-state index contributed by atoms with van der Waals surface area (Å²) in [6.07, 6.45) is -4.98. The number of nitrogens with one attached hydrogen (secondary N) is 1. The Hall–Kier alpha value is -1.90. The van der Waals surface area contributed by atoms with Crippen LogP contribution in [0.15, 0.2) is 12.1 Å². The molecule has 0 radical (unpaired) electrons. The summed E-state index contributed by atoms with van der Waals surface area (Å²) in [5.74, 6) is -4.89. The Morgan fingerprint density at radius 1 is 1.28 bits per heavy atom. The van der Waals surface area contributed by atoms with E-state index in [1.54, 1.807) is 5.32 Å². The van der Waals surface area contributed by atoms with Gasteiger partial charge in [-0.05, 0) is 12.1 Å². The number of hydrogen-bond donors (Lipinski definition) is 2. The number of aliphatic carboxylic acids is 1. The number of amides is 1. The van der Waals surface area contributed by atoms with E-state index in [1.807, 2.05) is 0 Å². The van der Waals surface area contributed by atoms with Crippen molar-refractivity contribution in [1.29, 1.82) is 0 Å².